The lowest BCUT2D eigenvalue weighted by Crippen LogP contribution is -2.11. The fraction of sp³-hybridized carbons (Fsp3) is 0.150. The van der Waals surface area contributed by atoms with Gasteiger partial charge in [-0.05, 0) is 30.3 Å². The zero-order chi connectivity index (χ0) is 20.7. The third kappa shape index (κ3) is 3.02. The lowest BCUT2D eigenvalue weighted by molar-refractivity contribution is 0.0989. The van der Waals surface area contributed by atoms with Crippen molar-refractivity contribution >= 4 is 28.5 Å². The van der Waals surface area contributed by atoms with Crippen LogP contribution in [0.25, 0.3) is 22.6 Å². The Balaban J connectivity index is 1.77. The van der Waals surface area contributed by atoms with E-state index in [0.717, 1.165) is 5.52 Å². The Labute approximate surface area is 165 Å². The maximum absolute atomic E-state index is 12.2. The zero-order valence-corrected chi connectivity index (χ0v) is 16.1. The third-order valence-electron chi connectivity index (χ3n) is 4.70. The summed E-state index contributed by atoms with van der Waals surface area (Å²) in [5.41, 5.74) is 8.47. The molecule has 0 saturated heterocycles. The summed E-state index contributed by atoms with van der Waals surface area (Å²) in [4.78, 5) is 28.6. The molecule has 4 aromatic rings. The Morgan fingerprint density at radius 2 is 2.03 bits per heavy atom. The summed E-state index contributed by atoms with van der Waals surface area (Å²) >= 11 is 0. The lowest BCUT2D eigenvalue weighted by atomic mass is 10.2. The highest BCUT2D eigenvalue weighted by Crippen LogP contribution is 2.35. The highest BCUT2D eigenvalue weighted by molar-refractivity contribution is 6.03. The number of ether oxygens (including phenoxy) is 1. The van der Waals surface area contributed by atoms with E-state index in [4.69, 9.17) is 19.9 Å². The van der Waals surface area contributed by atoms with Gasteiger partial charge >= 0.3 is 0 Å². The molecule has 4 rings (SSSR count). The number of carbonyl (C=O) groups excluding carboxylic acids is 2. The van der Waals surface area contributed by atoms with Gasteiger partial charge in [0.25, 0.3) is 11.8 Å². The van der Waals surface area contributed by atoms with Gasteiger partial charge in [-0.15, -0.1) is 0 Å². The van der Waals surface area contributed by atoms with Crippen LogP contribution in [0, 0.1) is 0 Å². The minimum Gasteiger partial charge on any atom is -0.494 e. The molecule has 0 radical (unpaired) electrons. The van der Waals surface area contributed by atoms with Gasteiger partial charge in [-0.1, -0.05) is 0 Å². The van der Waals surface area contributed by atoms with Crippen molar-refractivity contribution in [1.82, 2.24) is 14.1 Å². The van der Waals surface area contributed by atoms with Crippen LogP contribution in [0.15, 0.2) is 47.2 Å². The summed E-state index contributed by atoms with van der Waals surface area (Å²) in [5.74, 6) is 0.261. The van der Waals surface area contributed by atoms with Crippen LogP contribution < -0.4 is 15.8 Å². The number of primary amides is 1. The van der Waals surface area contributed by atoms with Gasteiger partial charge in [0.2, 0.25) is 0 Å². The van der Waals surface area contributed by atoms with Crippen LogP contribution in [0.1, 0.15) is 20.9 Å². The number of aryl methyl sites for hydroxylation is 2. The minimum atomic E-state index is -0.578. The molecule has 3 N–H and O–H groups in total. The standard InChI is InChI=1S/C20H19N5O4/c1-24-10-12(18(21)26)17(28-3)16(24)19-23-13-9-11(6-7-14(13)25(19)2)22-20(27)15-5-4-8-29-15/h4-10H,1-3H3,(H2,21,26)(H,22,27). The van der Waals surface area contributed by atoms with Crippen LogP contribution in [-0.4, -0.2) is 33.0 Å². The highest BCUT2D eigenvalue weighted by Gasteiger charge is 2.24. The number of anilines is 1. The first-order valence-corrected chi connectivity index (χ1v) is 8.75. The average Bonchev–Trinajstić information content (AvgIpc) is 3.39. The number of nitrogens with zero attached hydrogens (tertiary/aromatic N) is 3. The molecule has 0 aliphatic rings. The summed E-state index contributed by atoms with van der Waals surface area (Å²) < 4.78 is 14.2. The number of methoxy groups -OCH3 is 1. The van der Waals surface area contributed by atoms with E-state index < -0.39 is 5.91 Å². The molecule has 9 nitrogen and oxygen atoms in total. The number of benzene rings is 1. The molecule has 9 heteroatoms. The fourth-order valence-corrected chi connectivity index (χ4v) is 3.34. The Morgan fingerprint density at radius 1 is 1.24 bits per heavy atom. The van der Waals surface area contributed by atoms with E-state index in [1.54, 1.807) is 42.1 Å². The van der Waals surface area contributed by atoms with Crippen molar-refractivity contribution in [1.29, 1.82) is 0 Å². The number of fused-ring (bicyclic) bond motifs is 1. The first kappa shape index (κ1) is 18.4. The second-order valence-electron chi connectivity index (χ2n) is 6.53. The second kappa shape index (κ2) is 6.86. The number of imidazole rings is 1. The van der Waals surface area contributed by atoms with Crippen LogP contribution in [0.2, 0.25) is 0 Å². The summed E-state index contributed by atoms with van der Waals surface area (Å²) in [6.07, 6.45) is 3.06. The molecular weight excluding hydrogens is 374 g/mol. The number of amides is 2. The Bertz CT molecular complexity index is 1230. The van der Waals surface area contributed by atoms with Crippen molar-refractivity contribution < 1.29 is 18.7 Å². The molecule has 1 aromatic carbocycles. The van der Waals surface area contributed by atoms with Crippen LogP contribution >= 0.6 is 0 Å². The molecule has 3 heterocycles. The number of hydrogen-bond acceptors (Lipinski definition) is 5. The predicted molar refractivity (Wildman–Crippen MR) is 107 cm³/mol. The lowest BCUT2D eigenvalue weighted by Gasteiger charge is -2.07. The number of furan rings is 1. The monoisotopic (exact) mass is 393 g/mol. The van der Waals surface area contributed by atoms with Gasteiger partial charge in [0.15, 0.2) is 17.3 Å². The number of hydrogen-bond donors (Lipinski definition) is 2. The molecule has 0 bridgehead atoms. The minimum absolute atomic E-state index is 0.222. The Hall–Kier alpha value is -4.01. The van der Waals surface area contributed by atoms with Crippen molar-refractivity contribution in [3.63, 3.8) is 0 Å². The summed E-state index contributed by atoms with van der Waals surface area (Å²) in [7, 11) is 5.14. The first-order valence-electron chi connectivity index (χ1n) is 8.75. The summed E-state index contributed by atoms with van der Waals surface area (Å²) in [6.45, 7) is 0. The van der Waals surface area contributed by atoms with E-state index in [-0.39, 0.29) is 17.2 Å². The van der Waals surface area contributed by atoms with E-state index in [2.05, 4.69) is 5.32 Å². The van der Waals surface area contributed by atoms with E-state index in [9.17, 15) is 9.59 Å². The molecular formula is C20H19N5O4. The molecule has 0 aliphatic carbocycles. The third-order valence-corrected chi connectivity index (χ3v) is 4.70. The Kier molecular flexibility index (Phi) is 4.34. The van der Waals surface area contributed by atoms with Crippen molar-refractivity contribution in [2.45, 2.75) is 0 Å². The Morgan fingerprint density at radius 3 is 2.69 bits per heavy atom. The number of nitrogens with two attached hydrogens (primary N) is 1. The van der Waals surface area contributed by atoms with E-state index in [0.29, 0.717) is 28.5 Å². The predicted octanol–water partition coefficient (Wildman–Crippen LogP) is 2.53. The van der Waals surface area contributed by atoms with Gasteiger partial charge in [0.1, 0.15) is 5.69 Å². The van der Waals surface area contributed by atoms with Crippen molar-refractivity contribution in [2.24, 2.45) is 19.8 Å². The topological polar surface area (TPSA) is 117 Å². The van der Waals surface area contributed by atoms with Crippen molar-refractivity contribution in [3.05, 3.63) is 54.1 Å². The number of nitrogens with one attached hydrogen (secondary N) is 1. The van der Waals surface area contributed by atoms with E-state index in [1.165, 1.54) is 13.4 Å². The number of carbonyl (C=O) groups is 2. The summed E-state index contributed by atoms with van der Waals surface area (Å²) in [6, 6.07) is 8.64. The highest BCUT2D eigenvalue weighted by atomic mass is 16.5. The fourth-order valence-electron chi connectivity index (χ4n) is 3.34. The molecule has 29 heavy (non-hydrogen) atoms. The van der Waals surface area contributed by atoms with Crippen molar-refractivity contribution in [3.8, 4) is 17.3 Å². The van der Waals surface area contributed by atoms with Gasteiger partial charge in [-0.2, -0.15) is 0 Å². The van der Waals surface area contributed by atoms with Crippen LogP contribution in [-0.2, 0) is 14.1 Å². The first-order chi connectivity index (χ1) is 13.9. The molecule has 0 aliphatic heterocycles. The molecule has 0 atom stereocenters. The molecule has 0 fully saturated rings. The van der Waals surface area contributed by atoms with E-state index >= 15 is 0 Å². The number of rotatable bonds is 5. The molecule has 0 saturated carbocycles. The van der Waals surface area contributed by atoms with Gasteiger partial charge in [0, 0.05) is 26.0 Å². The molecule has 148 valence electrons. The quantitative estimate of drug-likeness (QED) is 0.540. The van der Waals surface area contributed by atoms with Gasteiger partial charge in [-0.3, -0.25) is 9.59 Å². The molecule has 0 unspecified atom stereocenters. The average molecular weight is 393 g/mol. The number of aromatic nitrogens is 3. The largest absolute Gasteiger partial charge is 0.494 e. The zero-order valence-electron chi connectivity index (χ0n) is 16.1. The van der Waals surface area contributed by atoms with Crippen LogP contribution in [0.5, 0.6) is 5.75 Å². The summed E-state index contributed by atoms with van der Waals surface area (Å²) in [5, 5.41) is 2.78. The smallest absolute Gasteiger partial charge is 0.291 e. The van der Waals surface area contributed by atoms with Gasteiger partial charge < -0.3 is 29.3 Å². The maximum atomic E-state index is 12.2. The van der Waals surface area contributed by atoms with E-state index in [1.807, 2.05) is 17.7 Å². The van der Waals surface area contributed by atoms with Crippen LogP contribution in [0.4, 0.5) is 5.69 Å². The molecule has 3 aromatic heterocycles. The van der Waals surface area contributed by atoms with Gasteiger partial charge in [-0.25, -0.2) is 4.98 Å². The van der Waals surface area contributed by atoms with Crippen molar-refractivity contribution in [2.75, 3.05) is 12.4 Å². The van der Waals surface area contributed by atoms with Crippen LogP contribution in [0.3, 0.4) is 0 Å². The normalized spacial score (nSPS) is 11.0. The molecule has 2 amide bonds. The SMILES string of the molecule is COc1c(C(N)=O)cn(C)c1-c1nc2cc(NC(=O)c3ccco3)ccc2n1C. The molecule has 0 spiro atoms. The second-order valence-corrected chi connectivity index (χ2v) is 6.53. The maximum Gasteiger partial charge on any atom is 0.291 e. The van der Waals surface area contributed by atoms with Gasteiger partial charge in [0.05, 0.1) is 30.0 Å².